The molecule has 0 radical (unpaired) electrons. The molecule has 6 heteroatoms. The van der Waals surface area contributed by atoms with Gasteiger partial charge in [0, 0.05) is 25.6 Å². The number of piperidine rings is 1. The molecule has 1 saturated heterocycles. The van der Waals surface area contributed by atoms with Gasteiger partial charge in [-0.2, -0.15) is 0 Å². The Morgan fingerprint density at radius 3 is 2.23 bits per heavy atom. The van der Waals surface area contributed by atoms with Gasteiger partial charge in [0.15, 0.2) is 5.75 Å². The number of likely N-dealkylation sites (tertiary alicyclic amines) is 1. The molecule has 1 unspecified atom stereocenters. The molecular weight excluding hydrogens is 587 g/mol. The maximum Gasteiger partial charge on any atom is 0.156 e. The standard InChI is InChI=1S/C38H42Cl2N2O2/c1-26-14-16-42(17-15-26)25-31-6-4-5-7-35(31)30-10-13-34(28(3)22-30)32(24-41)23-29-8-11-33(12-9-29)43-18-19-44-38-36(39)20-27(2)21-37(38)40/h4-13,20-22,32H,1,14-19,23-25,41H2,2-3H3. The third-order valence-corrected chi connectivity index (χ3v) is 8.99. The molecule has 0 spiro atoms. The van der Waals surface area contributed by atoms with Gasteiger partial charge in [-0.15, -0.1) is 0 Å². The molecule has 0 bridgehead atoms. The summed E-state index contributed by atoms with van der Waals surface area (Å²) in [6, 6.07) is 27.5. The van der Waals surface area contributed by atoms with E-state index in [-0.39, 0.29) is 5.92 Å². The van der Waals surface area contributed by atoms with E-state index in [0.29, 0.717) is 35.6 Å². The lowest BCUT2D eigenvalue weighted by Crippen LogP contribution is -2.30. The Balaban J connectivity index is 1.18. The number of hydrogen-bond acceptors (Lipinski definition) is 4. The van der Waals surface area contributed by atoms with Gasteiger partial charge in [-0.1, -0.05) is 90.0 Å². The summed E-state index contributed by atoms with van der Waals surface area (Å²) in [5.41, 5.74) is 16.4. The third kappa shape index (κ3) is 8.25. The van der Waals surface area contributed by atoms with Gasteiger partial charge in [0.2, 0.25) is 0 Å². The number of nitrogens with two attached hydrogens (primary N) is 1. The van der Waals surface area contributed by atoms with Crippen molar-refractivity contribution in [1.82, 2.24) is 4.90 Å². The molecule has 0 aliphatic carbocycles. The largest absolute Gasteiger partial charge is 0.490 e. The quantitative estimate of drug-likeness (QED) is 0.125. The third-order valence-electron chi connectivity index (χ3n) is 8.43. The lowest BCUT2D eigenvalue weighted by atomic mass is 9.87. The predicted molar refractivity (Wildman–Crippen MR) is 184 cm³/mol. The summed E-state index contributed by atoms with van der Waals surface area (Å²) in [5, 5.41) is 1.01. The summed E-state index contributed by atoms with van der Waals surface area (Å²) in [6.07, 6.45) is 3.06. The van der Waals surface area contributed by atoms with Gasteiger partial charge in [0.25, 0.3) is 0 Å². The molecule has 4 aromatic rings. The SMILES string of the molecule is C=C1CCN(Cc2ccccc2-c2ccc(C(CN)Cc3ccc(OCCOc4c(Cl)cc(C)cc4Cl)cc3)c(C)c2)CC1. The fourth-order valence-corrected chi connectivity index (χ4v) is 6.67. The molecule has 5 rings (SSSR count). The second-order valence-electron chi connectivity index (χ2n) is 11.8. The Morgan fingerprint density at radius 2 is 1.55 bits per heavy atom. The van der Waals surface area contributed by atoms with Crippen molar-refractivity contribution in [2.45, 2.75) is 45.6 Å². The van der Waals surface area contributed by atoms with Crippen LogP contribution in [0.3, 0.4) is 0 Å². The van der Waals surface area contributed by atoms with Crippen molar-refractivity contribution in [2.24, 2.45) is 5.73 Å². The van der Waals surface area contributed by atoms with Crippen molar-refractivity contribution in [3.8, 4) is 22.6 Å². The topological polar surface area (TPSA) is 47.7 Å². The number of nitrogens with zero attached hydrogens (tertiary/aromatic N) is 1. The summed E-state index contributed by atoms with van der Waals surface area (Å²) in [7, 11) is 0. The van der Waals surface area contributed by atoms with E-state index in [9.17, 15) is 0 Å². The van der Waals surface area contributed by atoms with Gasteiger partial charge in [-0.3, -0.25) is 4.90 Å². The summed E-state index contributed by atoms with van der Waals surface area (Å²) in [6.45, 7) is 12.8. The van der Waals surface area contributed by atoms with Gasteiger partial charge >= 0.3 is 0 Å². The summed E-state index contributed by atoms with van der Waals surface area (Å²) >= 11 is 12.5. The van der Waals surface area contributed by atoms with E-state index < -0.39 is 0 Å². The number of ether oxygens (including phenoxy) is 2. The molecule has 0 amide bonds. The molecule has 2 N–H and O–H groups in total. The zero-order valence-corrected chi connectivity index (χ0v) is 27.3. The molecule has 1 aliphatic rings. The van der Waals surface area contributed by atoms with Crippen LogP contribution in [0.15, 0.2) is 91.0 Å². The van der Waals surface area contributed by atoms with Gasteiger partial charge in [0.05, 0.1) is 10.0 Å². The lowest BCUT2D eigenvalue weighted by molar-refractivity contribution is 0.217. The van der Waals surface area contributed by atoms with Crippen LogP contribution in [0.25, 0.3) is 11.1 Å². The Morgan fingerprint density at radius 1 is 0.864 bits per heavy atom. The molecule has 1 atom stereocenters. The Labute approximate surface area is 272 Å². The average molecular weight is 630 g/mol. The molecule has 0 aromatic heterocycles. The first-order chi connectivity index (χ1) is 21.3. The Hall–Kier alpha value is -3.28. The number of aryl methyl sites for hydroxylation is 2. The number of hydrogen-bond donors (Lipinski definition) is 1. The molecule has 1 aliphatic heterocycles. The van der Waals surface area contributed by atoms with E-state index in [1.54, 1.807) is 0 Å². The lowest BCUT2D eigenvalue weighted by Gasteiger charge is -2.28. The van der Waals surface area contributed by atoms with Crippen LogP contribution < -0.4 is 15.2 Å². The van der Waals surface area contributed by atoms with Crippen LogP contribution in [-0.2, 0) is 13.0 Å². The summed E-state index contributed by atoms with van der Waals surface area (Å²) < 4.78 is 11.7. The monoisotopic (exact) mass is 628 g/mol. The number of benzene rings is 4. The smallest absolute Gasteiger partial charge is 0.156 e. The van der Waals surface area contributed by atoms with Crippen molar-refractivity contribution < 1.29 is 9.47 Å². The minimum absolute atomic E-state index is 0.227. The Bertz CT molecular complexity index is 1550. The maximum atomic E-state index is 6.33. The van der Waals surface area contributed by atoms with Crippen molar-refractivity contribution >= 4 is 23.2 Å². The molecule has 1 fully saturated rings. The second-order valence-corrected chi connectivity index (χ2v) is 12.6. The second kappa shape index (κ2) is 15.1. The van der Waals surface area contributed by atoms with E-state index in [1.165, 1.54) is 39.0 Å². The summed E-state index contributed by atoms with van der Waals surface area (Å²) in [4.78, 5) is 2.54. The van der Waals surface area contributed by atoms with E-state index in [1.807, 2.05) is 31.2 Å². The highest BCUT2D eigenvalue weighted by Crippen LogP contribution is 2.34. The van der Waals surface area contributed by atoms with E-state index >= 15 is 0 Å². The van der Waals surface area contributed by atoms with Gasteiger partial charge in [0.1, 0.15) is 19.0 Å². The highest BCUT2D eigenvalue weighted by molar-refractivity contribution is 6.37. The highest BCUT2D eigenvalue weighted by atomic mass is 35.5. The van der Waals surface area contributed by atoms with E-state index in [0.717, 1.165) is 50.2 Å². The van der Waals surface area contributed by atoms with Crippen molar-refractivity contribution in [3.63, 3.8) is 0 Å². The first kappa shape index (κ1) is 32.1. The minimum atomic E-state index is 0.227. The predicted octanol–water partition coefficient (Wildman–Crippen LogP) is 9.17. The molecule has 4 aromatic carbocycles. The van der Waals surface area contributed by atoms with Crippen LogP contribution in [0.2, 0.25) is 10.0 Å². The highest BCUT2D eigenvalue weighted by Gasteiger charge is 2.17. The van der Waals surface area contributed by atoms with Gasteiger partial charge in [-0.25, -0.2) is 0 Å². The fourth-order valence-electron chi connectivity index (χ4n) is 5.96. The molecule has 230 valence electrons. The van der Waals surface area contributed by atoms with Crippen LogP contribution in [0.5, 0.6) is 11.5 Å². The first-order valence-electron chi connectivity index (χ1n) is 15.4. The van der Waals surface area contributed by atoms with Crippen LogP contribution in [0.4, 0.5) is 0 Å². The molecule has 0 saturated carbocycles. The summed E-state index contributed by atoms with van der Waals surface area (Å²) in [5.74, 6) is 1.50. The first-order valence-corrected chi connectivity index (χ1v) is 16.1. The van der Waals surface area contributed by atoms with Crippen LogP contribution in [-0.4, -0.2) is 37.7 Å². The van der Waals surface area contributed by atoms with E-state index in [2.05, 4.69) is 73.0 Å². The minimum Gasteiger partial charge on any atom is -0.490 e. The number of rotatable bonds is 12. The van der Waals surface area contributed by atoms with Crippen molar-refractivity contribution in [2.75, 3.05) is 32.8 Å². The van der Waals surface area contributed by atoms with Crippen LogP contribution in [0, 0.1) is 13.8 Å². The van der Waals surface area contributed by atoms with Crippen LogP contribution in [0.1, 0.15) is 46.6 Å². The molecular formula is C38H42Cl2N2O2. The zero-order valence-electron chi connectivity index (χ0n) is 25.8. The normalized spacial score (nSPS) is 14.4. The fraction of sp³-hybridized carbons (Fsp3) is 0.316. The average Bonchev–Trinajstić information content (AvgIpc) is 3.01. The van der Waals surface area contributed by atoms with Gasteiger partial charge in [-0.05, 0) is 103 Å². The van der Waals surface area contributed by atoms with Gasteiger partial charge < -0.3 is 15.2 Å². The maximum absolute atomic E-state index is 6.33. The van der Waals surface area contributed by atoms with Crippen molar-refractivity contribution in [3.05, 3.63) is 129 Å². The zero-order chi connectivity index (χ0) is 31.1. The molecule has 4 nitrogen and oxygen atoms in total. The molecule has 44 heavy (non-hydrogen) atoms. The molecule has 1 heterocycles. The Kier molecular flexibility index (Phi) is 11.1. The van der Waals surface area contributed by atoms with Crippen LogP contribution >= 0.6 is 23.2 Å². The number of halogens is 2. The van der Waals surface area contributed by atoms with E-state index in [4.69, 9.17) is 38.4 Å². The van der Waals surface area contributed by atoms with Crippen molar-refractivity contribution in [1.29, 1.82) is 0 Å².